The minimum Gasteiger partial charge on any atom is -0.370 e. The van der Waals surface area contributed by atoms with Gasteiger partial charge in [0.05, 0.1) is 5.69 Å². The molecule has 1 N–H and O–H groups in total. The Bertz CT molecular complexity index is 619. The highest BCUT2D eigenvalue weighted by molar-refractivity contribution is 5.63. The predicted octanol–water partition coefficient (Wildman–Crippen LogP) is 3.73. The summed E-state index contributed by atoms with van der Waals surface area (Å²) in [7, 11) is 0. The van der Waals surface area contributed by atoms with Gasteiger partial charge in [-0.25, -0.2) is 18.7 Å². The van der Waals surface area contributed by atoms with Crippen LogP contribution in [0, 0.1) is 11.6 Å². The van der Waals surface area contributed by atoms with Gasteiger partial charge in [0.1, 0.15) is 23.3 Å². The summed E-state index contributed by atoms with van der Waals surface area (Å²) < 4.78 is 26.7. The summed E-state index contributed by atoms with van der Waals surface area (Å²) in [6.45, 7) is 2.71. The van der Waals surface area contributed by atoms with Gasteiger partial charge < -0.3 is 5.32 Å². The van der Waals surface area contributed by atoms with Crippen LogP contribution < -0.4 is 5.32 Å². The van der Waals surface area contributed by atoms with Crippen LogP contribution in [0.1, 0.15) is 31.5 Å². The number of hydrogen-bond donors (Lipinski definition) is 1. The van der Waals surface area contributed by atoms with E-state index in [1.165, 1.54) is 12.1 Å². The molecule has 0 spiro atoms. The van der Waals surface area contributed by atoms with Gasteiger partial charge in [-0.2, -0.15) is 0 Å². The normalized spacial score (nSPS) is 14.3. The molecule has 1 heterocycles. The average Bonchev–Trinajstić information content (AvgIpc) is 3.22. The Balaban J connectivity index is 2.06. The van der Waals surface area contributed by atoms with E-state index in [1.54, 1.807) is 6.07 Å². The largest absolute Gasteiger partial charge is 0.370 e. The lowest BCUT2D eigenvalue weighted by Gasteiger charge is -2.09. The molecule has 1 aromatic carbocycles. The summed E-state index contributed by atoms with van der Waals surface area (Å²) in [5, 5.41) is 3.13. The Morgan fingerprint density at radius 3 is 2.40 bits per heavy atom. The lowest BCUT2D eigenvalue weighted by Crippen LogP contribution is -2.04. The van der Waals surface area contributed by atoms with Crippen molar-refractivity contribution in [2.24, 2.45) is 0 Å². The number of nitrogens with one attached hydrogen (secondary N) is 1. The molecule has 0 bridgehead atoms. The summed E-state index contributed by atoms with van der Waals surface area (Å²) in [4.78, 5) is 8.89. The van der Waals surface area contributed by atoms with E-state index in [1.807, 2.05) is 6.92 Å². The first-order valence-electron chi connectivity index (χ1n) is 6.75. The van der Waals surface area contributed by atoms with Gasteiger partial charge in [-0.05, 0) is 31.9 Å². The van der Waals surface area contributed by atoms with E-state index in [0.29, 0.717) is 23.0 Å². The van der Waals surface area contributed by atoms with Crippen molar-refractivity contribution in [2.75, 3.05) is 11.9 Å². The fourth-order valence-corrected chi connectivity index (χ4v) is 2.11. The van der Waals surface area contributed by atoms with Gasteiger partial charge in [0.15, 0.2) is 0 Å². The molecule has 0 atom stereocenters. The van der Waals surface area contributed by atoms with Crippen LogP contribution in [0.15, 0.2) is 24.3 Å². The molecule has 1 aliphatic carbocycles. The molecule has 3 rings (SSSR count). The van der Waals surface area contributed by atoms with Crippen LogP contribution in [0.3, 0.4) is 0 Å². The first-order chi connectivity index (χ1) is 9.65. The molecule has 0 amide bonds. The number of anilines is 1. The van der Waals surface area contributed by atoms with Gasteiger partial charge >= 0.3 is 0 Å². The lowest BCUT2D eigenvalue weighted by atomic mass is 10.1. The maximum Gasteiger partial charge on any atom is 0.134 e. The molecule has 3 nitrogen and oxygen atoms in total. The Kier molecular flexibility index (Phi) is 3.34. The maximum atomic E-state index is 13.3. The summed E-state index contributed by atoms with van der Waals surface area (Å²) in [5.74, 6) is 0.631. The average molecular weight is 275 g/mol. The zero-order valence-corrected chi connectivity index (χ0v) is 11.2. The van der Waals surface area contributed by atoms with E-state index < -0.39 is 11.6 Å². The summed E-state index contributed by atoms with van der Waals surface area (Å²) in [6, 6.07) is 5.16. The molecular formula is C15H15F2N3. The quantitative estimate of drug-likeness (QED) is 0.923. The Morgan fingerprint density at radius 2 is 1.80 bits per heavy atom. The highest BCUT2D eigenvalue weighted by atomic mass is 19.1. The van der Waals surface area contributed by atoms with Crippen molar-refractivity contribution >= 4 is 5.82 Å². The zero-order chi connectivity index (χ0) is 14.1. The molecule has 20 heavy (non-hydrogen) atoms. The second kappa shape index (κ2) is 5.15. The summed E-state index contributed by atoms with van der Waals surface area (Å²) >= 11 is 0. The van der Waals surface area contributed by atoms with Gasteiger partial charge in [0, 0.05) is 30.2 Å². The summed E-state index contributed by atoms with van der Waals surface area (Å²) in [5.41, 5.74) is 0.988. The minimum absolute atomic E-state index is 0.380. The molecule has 1 aliphatic rings. The highest BCUT2D eigenvalue weighted by Crippen LogP contribution is 2.39. The van der Waals surface area contributed by atoms with Crippen molar-refractivity contribution in [1.82, 2.24) is 9.97 Å². The molecule has 0 unspecified atom stereocenters. The molecule has 5 heteroatoms. The number of benzene rings is 1. The molecular weight excluding hydrogens is 260 g/mol. The Labute approximate surface area is 116 Å². The maximum absolute atomic E-state index is 13.3. The van der Waals surface area contributed by atoms with Crippen LogP contribution in [-0.4, -0.2) is 16.5 Å². The Hall–Kier alpha value is -2.04. The highest BCUT2D eigenvalue weighted by Gasteiger charge is 2.27. The third-order valence-electron chi connectivity index (χ3n) is 3.20. The number of nitrogens with zero attached hydrogens (tertiary/aromatic N) is 2. The number of hydrogen-bond acceptors (Lipinski definition) is 3. The van der Waals surface area contributed by atoms with E-state index in [-0.39, 0.29) is 0 Å². The number of rotatable bonds is 4. The molecule has 104 valence electrons. The standard InChI is InChI=1S/C15H15F2N3/c1-2-18-14-8-13(19-15(20-14)9-3-4-9)10-5-11(16)7-12(17)6-10/h5-9H,2-4H2,1H3,(H,18,19,20). The minimum atomic E-state index is -0.600. The molecule has 0 radical (unpaired) electrons. The fraction of sp³-hybridized carbons (Fsp3) is 0.333. The van der Waals surface area contributed by atoms with Gasteiger partial charge in [0.25, 0.3) is 0 Å². The van der Waals surface area contributed by atoms with Gasteiger partial charge in [0.2, 0.25) is 0 Å². The van der Waals surface area contributed by atoms with Crippen LogP contribution in [0.5, 0.6) is 0 Å². The second-order valence-electron chi connectivity index (χ2n) is 4.96. The van der Waals surface area contributed by atoms with E-state index >= 15 is 0 Å². The lowest BCUT2D eigenvalue weighted by molar-refractivity contribution is 0.584. The monoisotopic (exact) mass is 275 g/mol. The Morgan fingerprint density at radius 1 is 1.10 bits per heavy atom. The molecule has 1 saturated carbocycles. The van der Waals surface area contributed by atoms with Gasteiger partial charge in [-0.1, -0.05) is 0 Å². The van der Waals surface area contributed by atoms with Crippen molar-refractivity contribution in [3.05, 3.63) is 41.7 Å². The first kappa shape index (κ1) is 13.0. The fourth-order valence-electron chi connectivity index (χ4n) is 2.11. The van der Waals surface area contributed by atoms with Crippen LogP contribution in [0.4, 0.5) is 14.6 Å². The molecule has 1 fully saturated rings. The zero-order valence-electron chi connectivity index (χ0n) is 11.2. The number of aromatic nitrogens is 2. The molecule has 1 aromatic heterocycles. The van der Waals surface area contributed by atoms with Crippen molar-refractivity contribution in [3.8, 4) is 11.3 Å². The van der Waals surface area contributed by atoms with Crippen molar-refractivity contribution < 1.29 is 8.78 Å². The van der Waals surface area contributed by atoms with Crippen LogP contribution >= 0.6 is 0 Å². The second-order valence-corrected chi connectivity index (χ2v) is 4.96. The van der Waals surface area contributed by atoms with Crippen LogP contribution in [0.25, 0.3) is 11.3 Å². The van der Waals surface area contributed by atoms with Crippen molar-refractivity contribution in [3.63, 3.8) is 0 Å². The number of halogens is 2. The van der Waals surface area contributed by atoms with Gasteiger partial charge in [-0.15, -0.1) is 0 Å². The van der Waals surface area contributed by atoms with Crippen LogP contribution in [0.2, 0.25) is 0 Å². The first-order valence-corrected chi connectivity index (χ1v) is 6.75. The third kappa shape index (κ3) is 2.76. The molecule has 2 aromatic rings. The molecule has 0 saturated heterocycles. The van der Waals surface area contributed by atoms with Crippen molar-refractivity contribution in [1.29, 1.82) is 0 Å². The smallest absolute Gasteiger partial charge is 0.134 e. The van der Waals surface area contributed by atoms with E-state index in [4.69, 9.17) is 0 Å². The summed E-state index contributed by atoms with van der Waals surface area (Å²) in [6.07, 6.45) is 2.15. The SMILES string of the molecule is CCNc1cc(-c2cc(F)cc(F)c2)nc(C2CC2)n1. The molecule has 0 aliphatic heterocycles. The van der Waals surface area contributed by atoms with Crippen LogP contribution in [-0.2, 0) is 0 Å². The van der Waals surface area contributed by atoms with Crippen molar-refractivity contribution in [2.45, 2.75) is 25.7 Å². The van der Waals surface area contributed by atoms with E-state index in [0.717, 1.165) is 31.3 Å². The van der Waals surface area contributed by atoms with Gasteiger partial charge in [-0.3, -0.25) is 0 Å². The predicted molar refractivity (Wildman–Crippen MR) is 73.5 cm³/mol. The van der Waals surface area contributed by atoms with E-state index in [2.05, 4.69) is 15.3 Å². The van der Waals surface area contributed by atoms with E-state index in [9.17, 15) is 8.78 Å². The topological polar surface area (TPSA) is 37.8 Å². The third-order valence-corrected chi connectivity index (χ3v) is 3.20.